The highest BCUT2D eigenvalue weighted by Crippen LogP contribution is 2.42. The summed E-state index contributed by atoms with van der Waals surface area (Å²) in [4.78, 5) is 24.5. The number of esters is 1. The average molecular weight is 468 g/mol. The van der Waals surface area contributed by atoms with E-state index in [9.17, 15) is 9.59 Å². The van der Waals surface area contributed by atoms with Crippen LogP contribution in [-0.4, -0.2) is 39.8 Å². The molecule has 1 N–H and O–H groups in total. The lowest BCUT2D eigenvalue weighted by Gasteiger charge is -2.18. The first kappa shape index (κ1) is 25.1. The molecule has 0 unspecified atom stereocenters. The van der Waals surface area contributed by atoms with Gasteiger partial charge in [-0.15, -0.1) is 0 Å². The number of amides is 1. The molecule has 2 aromatic rings. The van der Waals surface area contributed by atoms with Crippen molar-refractivity contribution in [3.63, 3.8) is 0 Å². The minimum absolute atomic E-state index is 0.0209. The second kappa shape index (κ2) is 11.6. The fourth-order valence-corrected chi connectivity index (χ4v) is 4.15. The second-order valence-electron chi connectivity index (χ2n) is 8.30. The number of ether oxygens (including phenoxy) is 4. The maximum absolute atomic E-state index is 12.3. The van der Waals surface area contributed by atoms with E-state index < -0.39 is 0 Å². The zero-order valence-corrected chi connectivity index (χ0v) is 20.6. The van der Waals surface area contributed by atoms with E-state index in [1.807, 2.05) is 38.1 Å². The minimum Gasteiger partial charge on any atom is -0.497 e. The van der Waals surface area contributed by atoms with Crippen molar-refractivity contribution < 1.29 is 28.5 Å². The number of fused-ring (bicyclic) bond motifs is 1. The Balaban J connectivity index is 1.57. The summed E-state index contributed by atoms with van der Waals surface area (Å²) >= 11 is 0. The molecule has 7 heteroatoms. The Morgan fingerprint density at radius 3 is 2.41 bits per heavy atom. The number of rotatable bonds is 11. The summed E-state index contributed by atoms with van der Waals surface area (Å²) in [5, 5.41) is 2.98. The smallest absolute Gasteiger partial charge is 0.342 e. The molecule has 1 aliphatic heterocycles. The summed E-state index contributed by atoms with van der Waals surface area (Å²) in [6, 6.07) is 7.84. The molecule has 1 amide bonds. The van der Waals surface area contributed by atoms with Crippen molar-refractivity contribution in [1.29, 1.82) is 0 Å². The molecule has 0 aliphatic carbocycles. The standard InChI is InChI=1S/C27H33NO6/c1-17(7-13-23(29)28-15-14-19-8-10-20(31-3)11-9-19)6-12-21-25(32-4)18(2)22-16-34-27(30)24(22)26(21)33-5/h6,8-11H,7,12-16H2,1-5H3,(H,28,29). The molecular formula is C27H33NO6. The summed E-state index contributed by atoms with van der Waals surface area (Å²) in [7, 11) is 4.80. The molecular weight excluding hydrogens is 434 g/mol. The van der Waals surface area contributed by atoms with Crippen LogP contribution in [0.4, 0.5) is 0 Å². The van der Waals surface area contributed by atoms with Gasteiger partial charge in [-0.25, -0.2) is 4.79 Å². The van der Waals surface area contributed by atoms with E-state index in [0.717, 1.165) is 40.0 Å². The highest BCUT2D eigenvalue weighted by atomic mass is 16.5. The highest BCUT2D eigenvalue weighted by Gasteiger charge is 2.32. The number of carbonyl (C=O) groups is 2. The lowest BCUT2D eigenvalue weighted by Crippen LogP contribution is -2.25. The number of cyclic esters (lactones) is 1. The first-order valence-corrected chi connectivity index (χ1v) is 11.4. The zero-order valence-electron chi connectivity index (χ0n) is 20.6. The fourth-order valence-electron chi connectivity index (χ4n) is 4.15. The van der Waals surface area contributed by atoms with Crippen LogP contribution < -0.4 is 19.5 Å². The van der Waals surface area contributed by atoms with E-state index in [4.69, 9.17) is 18.9 Å². The van der Waals surface area contributed by atoms with E-state index in [-0.39, 0.29) is 18.5 Å². The van der Waals surface area contributed by atoms with Crippen LogP contribution in [-0.2, 0) is 29.0 Å². The van der Waals surface area contributed by atoms with Crippen molar-refractivity contribution in [2.45, 2.75) is 46.1 Å². The molecule has 0 bridgehead atoms. The lowest BCUT2D eigenvalue weighted by atomic mass is 9.94. The van der Waals surface area contributed by atoms with E-state index in [2.05, 4.69) is 11.4 Å². The second-order valence-corrected chi connectivity index (χ2v) is 8.30. The van der Waals surface area contributed by atoms with Crippen molar-refractivity contribution in [2.24, 2.45) is 0 Å². The van der Waals surface area contributed by atoms with E-state index in [0.29, 0.717) is 42.9 Å². The van der Waals surface area contributed by atoms with Gasteiger partial charge in [0.2, 0.25) is 5.91 Å². The monoisotopic (exact) mass is 467 g/mol. The average Bonchev–Trinajstić information content (AvgIpc) is 3.23. The lowest BCUT2D eigenvalue weighted by molar-refractivity contribution is -0.121. The summed E-state index contributed by atoms with van der Waals surface area (Å²) in [6.07, 6.45) is 4.40. The molecule has 34 heavy (non-hydrogen) atoms. The molecule has 3 rings (SSSR count). The van der Waals surface area contributed by atoms with Gasteiger partial charge in [-0.2, -0.15) is 0 Å². The predicted molar refractivity (Wildman–Crippen MR) is 130 cm³/mol. The van der Waals surface area contributed by atoms with Crippen molar-refractivity contribution in [1.82, 2.24) is 5.32 Å². The van der Waals surface area contributed by atoms with Gasteiger partial charge in [-0.3, -0.25) is 4.79 Å². The third kappa shape index (κ3) is 5.71. The summed E-state index contributed by atoms with van der Waals surface area (Å²) < 4.78 is 21.6. The van der Waals surface area contributed by atoms with Gasteiger partial charge in [0.05, 0.1) is 21.3 Å². The minimum atomic E-state index is -0.370. The van der Waals surface area contributed by atoms with Gasteiger partial charge in [0.15, 0.2) is 0 Å². The van der Waals surface area contributed by atoms with Gasteiger partial charge < -0.3 is 24.3 Å². The summed E-state index contributed by atoms with van der Waals surface area (Å²) in [5.41, 5.74) is 5.22. The molecule has 0 spiro atoms. The Kier molecular flexibility index (Phi) is 8.57. The summed E-state index contributed by atoms with van der Waals surface area (Å²) in [6.45, 7) is 4.75. The maximum atomic E-state index is 12.3. The third-order valence-corrected chi connectivity index (χ3v) is 6.13. The van der Waals surface area contributed by atoms with Crippen LogP contribution >= 0.6 is 0 Å². The number of hydrogen-bond donors (Lipinski definition) is 1. The van der Waals surface area contributed by atoms with Crippen LogP contribution in [0.25, 0.3) is 0 Å². The highest BCUT2D eigenvalue weighted by molar-refractivity contribution is 5.98. The molecule has 7 nitrogen and oxygen atoms in total. The van der Waals surface area contributed by atoms with Crippen LogP contribution in [0.3, 0.4) is 0 Å². The molecule has 0 saturated carbocycles. The quantitative estimate of drug-likeness (QED) is 0.392. The number of methoxy groups -OCH3 is 3. The number of benzene rings is 2. The first-order valence-electron chi connectivity index (χ1n) is 11.4. The van der Waals surface area contributed by atoms with Crippen molar-refractivity contribution >= 4 is 11.9 Å². The van der Waals surface area contributed by atoms with E-state index in [1.165, 1.54) is 0 Å². The molecule has 0 fully saturated rings. The van der Waals surface area contributed by atoms with E-state index >= 15 is 0 Å². The SMILES string of the molecule is COc1ccc(CCNC(=O)CCC(C)=CCc2c(OC)c(C)c3c(c2OC)C(=O)OC3)cc1. The van der Waals surface area contributed by atoms with Gasteiger partial charge >= 0.3 is 5.97 Å². The number of carbonyl (C=O) groups excluding carboxylic acids is 2. The molecule has 182 valence electrons. The molecule has 1 heterocycles. The van der Waals surface area contributed by atoms with Gasteiger partial charge in [0.1, 0.15) is 29.4 Å². The van der Waals surface area contributed by atoms with Crippen LogP contribution in [0.1, 0.15) is 52.4 Å². The summed E-state index contributed by atoms with van der Waals surface area (Å²) in [5.74, 6) is 1.67. The first-order chi connectivity index (χ1) is 16.4. The number of hydrogen-bond acceptors (Lipinski definition) is 6. The Hall–Kier alpha value is -3.48. The zero-order chi connectivity index (χ0) is 24.7. The third-order valence-electron chi connectivity index (χ3n) is 6.13. The number of nitrogens with one attached hydrogen (secondary N) is 1. The van der Waals surface area contributed by atoms with Gasteiger partial charge in [-0.05, 0) is 56.4 Å². The Bertz CT molecular complexity index is 1070. The molecule has 0 aromatic heterocycles. The van der Waals surface area contributed by atoms with Crippen LogP contribution in [0.15, 0.2) is 35.9 Å². The van der Waals surface area contributed by atoms with Crippen molar-refractivity contribution in [3.8, 4) is 17.2 Å². The van der Waals surface area contributed by atoms with Crippen LogP contribution in [0, 0.1) is 6.92 Å². The number of allylic oxidation sites excluding steroid dienone is 2. The topological polar surface area (TPSA) is 83.1 Å². The fraction of sp³-hybridized carbons (Fsp3) is 0.407. The molecule has 2 aromatic carbocycles. The molecule has 1 aliphatic rings. The van der Waals surface area contributed by atoms with Gasteiger partial charge in [0, 0.05) is 24.1 Å². The predicted octanol–water partition coefficient (Wildman–Crippen LogP) is 4.32. The van der Waals surface area contributed by atoms with Crippen molar-refractivity contribution in [2.75, 3.05) is 27.9 Å². The van der Waals surface area contributed by atoms with Gasteiger partial charge in [0.25, 0.3) is 0 Å². The van der Waals surface area contributed by atoms with Crippen LogP contribution in [0.2, 0.25) is 0 Å². The normalized spacial score (nSPS) is 12.7. The molecule has 0 radical (unpaired) electrons. The molecule has 0 saturated heterocycles. The largest absolute Gasteiger partial charge is 0.497 e. The van der Waals surface area contributed by atoms with Crippen LogP contribution in [0.5, 0.6) is 17.2 Å². The Labute approximate surface area is 201 Å². The van der Waals surface area contributed by atoms with Gasteiger partial charge in [-0.1, -0.05) is 23.8 Å². The maximum Gasteiger partial charge on any atom is 0.342 e. The van der Waals surface area contributed by atoms with Crippen molar-refractivity contribution in [3.05, 3.63) is 63.7 Å². The van der Waals surface area contributed by atoms with E-state index in [1.54, 1.807) is 21.3 Å². The molecule has 0 atom stereocenters. The Morgan fingerprint density at radius 1 is 1.06 bits per heavy atom. The Morgan fingerprint density at radius 2 is 1.76 bits per heavy atom.